The topological polar surface area (TPSA) is 57.0 Å². The second-order valence-electron chi connectivity index (χ2n) is 3.50. The number of aromatic nitrogens is 2. The maximum absolute atomic E-state index is 13.6. The molecule has 2 rings (SSSR count). The number of anilines is 1. The fourth-order valence-electron chi connectivity index (χ4n) is 1.55. The fourth-order valence-corrected chi connectivity index (χ4v) is 1.55. The van der Waals surface area contributed by atoms with Gasteiger partial charge in [-0.3, -0.25) is 0 Å². The van der Waals surface area contributed by atoms with E-state index in [1.165, 1.54) is 4.68 Å². The molecule has 0 saturated carbocycles. The Labute approximate surface area is 86.5 Å². The van der Waals surface area contributed by atoms with Gasteiger partial charge in [0, 0.05) is 12.6 Å². The number of rotatable bonds is 1. The highest BCUT2D eigenvalue weighted by atomic mass is 19.1. The number of halogens is 1. The number of nitrogens with zero attached hydrogens (tertiary/aromatic N) is 2. The first-order valence-electron chi connectivity index (χ1n) is 4.56. The molecule has 0 amide bonds. The normalized spacial score (nSPS) is 10.9. The van der Waals surface area contributed by atoms with Crippen molar-refractivity contribution < 1.29 is 8.81 Å². The van der Waals surface area contributed by atoms with Crippen LogP contribution < -0.4 is 5.73 Å². The molecule has 0 aliphatic rings. The summed E-state index contributed by atoms with van der Waals surface area (Å²) < 4.78 is 20.3. The van der Waals surface area contributed by atoms with Gasteiger partial charge in [0.05, 0.1) is 0 Å². The van der Waals surface area contributed by atoms with Crippen LogP contribution in [-0.4, -0.2) is 9.78 Å². The number of hydrogen-bond donors (Lipinski definition) is 1. The van der Waals surface area contributed by atoms with E-state index in [9.17, 15) is 4.39 Å². The molecule has 2 aromatic heterocycles. The standard InChI is InChI=1S/C10H12FN3O/c1-5-4-7(6(2)15-5)9-8(11)10(12)14(3)13-9/h4H,12H2,1-3H3. The molecule has 0 bridgehead atoms. The Kier molecular flexibility index (Phi) is 2.03. The monoisotopic (exact) mass is 209 g/mol. The molecule has 80 valence electrons. The predicted molar refractivity (Wildman–Crippen MR) is 54.8 cm³/mol. The van der Waals surface area contributed by atoms with Gasteiger partial charge < -0.3 is 10.2 Å². The summed E-state index contributed by atoms with van der Waals surface area (Å²) in [7, 11) is 1.60. The molecule has 4 nitrogen and oxygen atoms in total. The Bertz CT molecular complexity index is 513. The number of aryl methyl sites for hydroxylation is 3. The van der Waals surface area contributed by atoms with Crippen molar-refractivity contribution in [2.45, 2.75) is 13.8 Å². The second kappa shape index (κ2) is 3.12. The Morgan fingerprint density at radius 3 is 2.53 bits per heavy atom. The van der Waals surface area contributed by atoms with Crippen molar-refractivity contribution in [3.05, 3.63) is 23.4 Å². The molecule has 2 aromatic rings. The minimum atomic E-state index is -0.499. The molecule has 0 spiro atoms. The van der Waals surface area contributed by atoms with Crippen molar-refractivity contribution in [2.75, 3.05) is 5.73 Å². The van der Waals surface area contributed by atoms with E-state index in [1.807, 2.05) is 0 Å². The molecule has 0 aliphatic heterocycles. The summed E-state index contributed by atoms with van der Waals surface area (Å²) in [5.41, 5.74) is 6.38. The molecular weight excluding hydrogens is 197 g/mol. The predicted octanol–water partition coefficient (Wildman–Crippen LogP) is 2.02. The third-order valence-corrected chi connectivity index (χ3v) is 2.33. The van der Waals surface area contributed by atoms with Crippen molar-refractivity contribution in [2.24, 2.45) is 7.05 Å². The molecule has 2 N–H and O–H groups in total. The molecular formula is C10H12FN3O. The highest BCUT2D eigenvalue weighted by Crippen LogP contribution is 2.29. The largest absolute Gasteiger partial charge is 0.466 e. The maximum Gasteiger partial charge on any atom is 0.192 e. The summed E-state index contributed by atoms with van der Waals surface area (Å²) in [4.78, 5) is 0. The van der Waals surface area contributed by atoms with Crippen molar-refractivity contribution in [1.29, 1.82) is 0 Å². The number of furan rings is 1. The van der Waals surface area contributed by atoms with E-state index in [4.69, 9.17) is 10.2 Å². The molecule has 0 aromatic carbocycles. The molecule has 0 atom stereocenters. The van der Waals surface area contributed by atoms with Crippen LogP contribution in [0.2, 0.25) is 0 Å². The van der Waals surface area contributed by atoms with Crippen molar-refractivity contribution in [1.82, 2.24) is 9.78 Å². The minimum Gasteiger partial charge on any atom is -0.466 e. The van der Waals surface area contributed by atoms with Crippen LogP contribution in [0.15, 0.2) is 10.5 Å². The van der Waals surface area contributed by atoms with E-state index in [0.717, 1.165) is 5.76 Å². The lowest BCUT2D eigenvalue weighted by atomic mass is 10.2. The molecule has 0 unspecified atom stereocenters. The summed E-state index contributed by atoms with van der Waals surface area (Å²) >= 11 is 0. The van der Waals surface area contributed by atoms with Crippen LogP contribution in [0.25, 0.3) is 11.3 Å². The third-order valence-electron chi connectivity index (χ3n) is 2.33. The Hall–Kier alpha value is -1.78. The van der Waals surface area contributed by atoms with Gasteiger partial charge in [-0.15, -0.1) is 0 Å². The Morgan fingerprint density at radius 2 is 2.13 bits per heavy atom. The zero-order valence-corrected chi connectivity index (χ0v) is 8.84. The zero-order valence-electron chi connectivity index (χ0n) is 8.84. The average molecular weight is 209 g/mol. The molecule has 0 radical (unpaired) electrons. The zero-order chi connectivity index (χ0) is 11.2. The lowest BCUT2D eigenvalue weighted by Crippen LogP contribution is -1.97. The van der Waals surface area contributed by atoms with Crippen LogP contribution >= 0.6 is 0 Å². The van der Waals surface area contributed by atoms with Gasteiger partial charge in [0.2, 0.25) is 0 Å². The quantitative estimate of drug-likeness (QED) is 0.781. The Balaban J connectivity index is 2.64. The van der Waals surface area contributed by atoms with Crippen LogP contribution in [-0.2, 0) is 7.05 Å². The van der Waals surface area contributed by atoms with Gasteiger partial charge in [0.15, 0.2) is 11.6 Å². The Morgan fingerprint density at radius 1 is 1.47 bits per heavy atom. The van der Waals surface area contributed by atoms with E-state index in [1.54, 1.807) is 27.0 Å². The number of nitrogens with two attached hydrogens (primary N) is 1. The maximum atomic E-state index is 13.6. The summed E-state index contributed by atoms with van der Waals surface area (Å²) in [6.45, 7) is 3.58. The fraction of sp³-hybridized carbons (Fsp3) is 0.300. The van der Waals surface area contributed by atoms with Crippen molar-refractivity contribution in [3.8, 4) is 11.3 Å². The van der Waals surface area contributed by atoms with Gasteiger partial charge in [-0.2, -0.15) is 5.10 Å². The van der Waals surface area contributed by atoms with Crippen LogP contribution in [0, 0.1) is 19.7 Å². The van der Waals surface area contributed by atoms with Crippen LogP contribution in [0.5, 0.6) is 0 Å². The van der Waals surface area contributed by atoms with Crippen molar-refractivity contribution >= 4 is 5.82 Å². The first-order chi connectivity index (χ1) is 7.00. The highest BCUT2D eigenvalue weighted by molar-refractivity contribution is 5.65. The summed E-state index contributed by atoms with van der Waals surface area (Å²) in [5.74, 6) is 0.903. The third kappa shape index (κ3) is 1.40. The van der Waals surface area contributed by atoms with Gasteiger partial charge in [0.1, 0.15) is 17.2 Å². The van der Waals surface area contributed by atoms with Crippen molar-refractivity contribution in [3.63, 3.8) is 0 Å². The van der Waals surface area contributed by atoms with E-state index in [0.29, 0.717) is 11.3 Å². The molecule has 0 saturated heterocycles. The number of hydrogen-bond acceptors (Lipinski definition) is 3. The molecule has 5 heteroatoms. The molecule has 0 aliphatic carbocycles. The van der Waals surface area contributed by atoms with E-state index >= 15 is 0 Å². The number of nitrogen functional groups attached to an aromatic ring is 1. The first-order valence-corrected chi connectivity index (χ1v) is 4.56. The van der Waals surface area contributed by atoms with E-state index < -0.39 is 5.82 Å². The first kappa shape index (κ1) is 9.76. The summed E-state index contributed by atoms with van der Waals surface area (Å²) in [5, 5.41) is 4.01. The van der Waals surface area contributed by atoms with Gasteiger partial charge >= 0.3 is 0 Å². The molecule has 0 fully saturated rings. The minimum absolute atomic E-state index is 0.0308. The van der Waals surface area contributed by atoms with Gasteiger partial charge in [-0.25, -0.2) is 9.07 Å². The molecule has 2 heterocycles. The average Bonchev–Trinajstić information content (AvgIpc) is 2.61. The van der Waals surface area contributed by atoms with E-state index in [2.05, 4.69) is 5.10 Å². The highest BCUT2D eigenvalue weighted by Gasteiger charge is 2.19. The summed E-state index contributed by atoms with van der Waals surface area (Å²) in [6.07, 6.45) is 0. The smallest absolute Gasteiger partial charge is 0.192 e. The van der Waals surface area contributed by atoms with Crippen LogP contribution in [0.3, 0.4) is 0 Å². The second-order valence-corrected chi connectivity index (χ2v) is 3.50. The van der Waals surface area contributed by atoms with E-state index in [-0.39, 0.29) is 11.5 Å². The van der Waals surface area contributed by atoms with Crippen LogP contribution in [0.1, 0.15) is 11.5 Å². The van der Waals surface area contributed by atoms with Gasteiger partial charge in [-0.05, 0) is 19.9 Å². The van der Waals surface area contributed by atoms with Gasteiger partial charge in [-0.1, -0.05) is 0 Å². The molecule has 15 heavy (non-hydrogen) atoms. The SMILES string of the molecule is Cc1cc(-c2nn(C)c(N)c2F)c(C)o1. The van der Waals surface area contributed by atoms with Gasteiger partial charge in [0.25, 0.3) is 0 Å². The lowest BCUT2D eigenvalue weighted by Gasteiger charge is -1.91. The summed E-state index contributed by atoms with van der Waals surface area (Å²) in [6, 6.07) is 1.75. The van der Waals surface area contributed by atoms with Crippen LogP contribution in [0.4, 0.5) is 10.2 Å². The lowest BCUT2D eigenvalue weighted by molar-refractivity contribution is 0.505.